The maximum Gasteiger partial charge on any atom is 0.306 e. The van der Waals surface area contributed by atoms with Crippen LogP contribution in [-0.2, 0) is 19.1 Å². The fourth-order valence-corrected chi connectivity index (χ4v) is 7.90. The standard InChI is InChI=1S/C65H108O5/c1-3-5-7-9-11-13-15-17-19-21-23-24-25-26-27-28-29-30-31-32-33-34-35-36-37-38-39-40-42-44-46-48-50-52-54-56-58-60-65(68)70-63(61-66)62-69-64(67)59-57-55-53-51-49-47-45-43-41-22-20-18-16-14-12-10-8-6-4-2/h5,7,11-14,17-20,23-24,26-27,29-30,32-33,35-36,63,66H,3-4,6,8-10,15-16,21-22,25,28,31,34,37-62H2,1-2H3/b7-5-,13-11-,14-12-,19-17-,20-18-,24-23-,27-26-,30-29-,33-32-,36-35-. The molecule has 0 rings (SSSR count). The quantitative estimate of drug-likeness (QED) is 0.0374. The van der Waals surface area contributed by atoms with Crippen LogP contribution in [0.15, 0.2) is 122 Å². The Morgan fingerprint density at radius 3 is 0.929 bits per heavy atom. The van der Waals surface area contributed by atoms with Crippen molar-refractivity contribution in [2.45, 2.75) is 264 Å². The van der Waals surface area contributed by atoms with Gasteiger partial charge in [0.1, 0.15) is 6.61 Å². The second-order valence-electron chi connectivity index (χ2n) is 19.0. The van der Waals surface area contributed by atoms with Crippen molar-refractivity contribution in [3.8, 4) is 0 Å². The van der Waals surface area contributed by atoms with E-state index in [2.05, 4.69) is 135 Å². The van der Waals surface area contributed by atoms with Gasteiger partial charge in [-0.05, 0) is 109 Å². The SMILES string of the molecule is CC/C=C\C/C=C\C/C=C\C/C=C\C/C=C\C/C=C\C/C=C\C/C=C\CCCCCCCCCCCCCCC(=O)OC(CO)COC(=O)CCCCCCCCCCC/C=C\C/C=C\CCCCC. The minimum absolute atomic E-state index is 0.0733. The number of rotatable bonds is 52. The molecule has 0 aromatic carbocycles. The summed E-state index contributed by atoms with van der Waals surface area (Å²) in [6.07, 6.45) is 87.4. The summed E-state index contributed by atoms with van der Waals surface area (Å²) in [6.45, 7) is 4.00. The van der Waals surface area contributed by atoms with Gasteiger partial charge in [-0.15, -0.1) is 0 Å². The zero-order valence-corrected chi connectivity index (χ0v) is 45.5. The molecule has 1 unspecified atom stereocenters. The van der Waals surface area contributed by atoms with Gasteiger partial charge >= 0.3 is 11.9 Å². The Hall–Kier alpha value is -3.70. The van der Waals surface area contributed by atoms with Crippen LogP contribution in [0, 0.1) is 0 Å². The maximum atomic E-state index is 12.3. The zero-order chi connectivity index (χ0) is 50.6. The molecule has 0 fully saturated rings. The summed E-state index contributed by atoms with van der Waals surface area (Å²) in [6, 6.07) is 0. The topological polar surface area (TPSA) is 72.8 Å². The van der Waals surface area contributed by atoms with Crippen LogP contribution in [-0.4, -0.2) is 36.4 Å². The first kappa shape index (κ1) is 66.3. The van der Waals surface area contributed by atoms with E-state index in [0.29, 0.717) is 12.8 Å². The molecule has 0 saturated heterocycles. The van der Waals surface area contributed by atoms with Gasteiger partial charge in [0.2, 0.25) is 0 Å². The van der Waals surface area contributed by atoms with Crippen LogP contribution in [0.5, 0.6) is 0 Å². The first-order valence-electron chi connectivity index (χ1n) is 29.1. The monoisotopic (exact) mass is 969 g/mol. The van der Waals surface area contributed by atoms with Gasteiger partial charge in [0.15, 0.2) is 6.10 Å². The predicted molar refractivity (Wildman–Crippen MR) is 306 cm³/mol. The largest absolute Gasteiger partial charge is 0.462 e. The minimum Gasteiger partial charge on any atom is -0.462 e. The first-order chi connectivity index (χ1) is 34.6. The Morgan fingerprint density at radius 2 is 0.614 bits per heavy atom. The summed E-state index contributed by atoms with van der Waals surface area (Å²) in [4.78, 5) is 24.5. The van der Waals surface area contributed by atoms with Crippen molar-refractivity contribution < 1.29 is 24.2 Å². The fraction of sp³-hybridized carbons (Fsp3) is 0.662. The molecule has 0 aliphatic heterocycles. The summed E-state index contributed by atoms with van der Waals surface area (Å²) in [5, 5.41) is 9.65. The Bertz CT molecular complexity index is 1420. The lowest BCUT2D eigenvalue weighted by Crippen LogP contribution is -2.28. The van der Waals surface area contributed by atoms with E-state index < -0.39 is 6.10 Å². The lowest BCUT2D eigenvalue weighted by atomic mass is 10.0. The molecule has 0 aliphatic carbocycles. The van der Waals surface area contributed by atoms with Crippen molar-refractivity contribution in [1.82, 2.24) is 0 Å². The first-order valence-corrected chi connectivity index (χ1v) is 29.1. The smallest absolute Gasteiger partial charge is 0.306 e. The third-order valence-electron chi connectivity index (χ3n) is 12.2. The highest BCUT2D eigenvalue weighted by atomic mass is 16.6. The highest BCUT2D eigenvalue weighted by Crippen LogP contribution is 2.15. The van der Waals surface area contributed by atoms with Crippen molar-refractivity contribution in [3.05, 3.63) is 122 Å². The summed E-state index contributed by atoms with van der Waals surface area (Å²) < 4.78 is 10.7. The van der Waals surface area contributed by atoms with Crippen molar-refractivity contribution in [2.75, 3.05) is 13.2 Å². The molecule has 5 heteroatoms. The van der Waals surface area contributed by atoms with E-state index in [-0.39, 0.29) is 25.2 Å². The molecule has 0 heterocycles. The molecular formula is C65H108O5. The van der Waals surface area contributed by atoms with E-state index in [4.69, 9.17) is 9.47 Å². The third kappa shape index (κ3) is 56.9. The van der Waals surface area contributed by atoms with Gasteiger partial charge in [-0.3, -0.25) is 9.59 Å². The number of unbranched alkanes of at least 4 members (excludes halogenated alkanes) is 24. The van der Waals surface area contributed by atoms with E-state index in [1.54, 1.807) is 0 Å². The van der Waals surface area contributed by atoms with Crippen molar-refractivity contribution >= 4 is 11.9 Å². The highest BCUT2D eigenvalue weighted by molar-refractivity contribution is 5.70. The molecular weight excluding hydrogens is 861 g/mol. The number of carbonyl (C=O) groups excluding carboxylic acids is 2. The maximum absolute atomic E-state index is 12.3. The molecule has 0 amide bonds. The number of ether oxygens (including phenoxy) is 2. The summed E-state index contributed by atoms with van der Waals surface area (Å²) in [7, 11) is 0. The molecule has 0 spiro atoms. The number of allylic oxidation sites excluding steroid dienone is 20. The molecule has 1 N–H and O–H groups in total. The van der Waals surface area contributed by atoms with Gasteiger partial charge in [0, 0.05) is 12.8 Å². The Kier molecular flexibility index (Phi) is 56.5. The van der Waals surface area contributed by atoms with E-state index in [1.807, 2.05) is 0 Å². The van der Waals surface area contributed by atoms with Crippen LogP contribution in [0.1, 0.15) is 258 Å². The molecule has 398 valence electrons. The zero-order valence-electron chi connectivity index (χ0n) is 45.5. The number of hydrogen-bond donors (Lipinski definition) is 1. The van der Waals surface area contributed by atoms with Crippen molar-refractivity contribution in [2.24, 2.45) is 0 Å². The van der Waals surface area contributed by atoms with Gasteiger partial charge < -0.3 is 14.6 Å². The number of aliphatic hydroxyl groups excluding tert-OH is 1. The molecule has 1 atom stereocenters. The molecule has 0 radical (unpaired) electrons. The Labute approximate surface area is 433 Å². The van der Waals surface area contributed by atoms with Crippen LogP contribution in [0.25, 0.3) is 0 Å². The van der Waals surface area contributed by atoms with Crippen molar-refractivity contribution in [1.29, 1.82) is 0 Å². The molecule has 0 saturated carbocycles. The van der Waals surface area contributed by atoms with Gasteiger partial charge in [-0.25, -0.2) is 0 Å². The van der Waals surface area contributed by atoms with E-state index in [0.717, 1.165) is 96.3 Å². The predicted octanol–water partition coefficient (Wildman–Crippen LogP) is 19.9. The van der Waals surface area contributed by atoms with E-state index >= 15 is 0 Å². The molecule has 0 aromatic heterocycles. The van der Waals surface area contributed by atoms with Crippen LogP contribution in [0.3, 0.4) is 0 Å². The average Bonchev–Trinajstić information content (AvgIpc) is 3.36. The summed E-state index contributed by atoms with van der Waals surface area (Å²) in [5.41, 5.74) is 0. The van der Waals surface area contributed by atoms with Gasteiger partial charge in [-0.2, -0.15) is 0 Å². The highest BCUT2D eigenvalue weighted by Gasteiger charge is 2.16. The fourth-order valence-electron chi connectivity index (χ4n) is 7.90. The van der Waals surface area contributed by atoms with Crippen molar-refractivity contribution in [3.63, 3.8) is 0 Å². The molecule has 0 aliphatic rings. The number of hydrogen-bond acceptors (Lipinski definition) is 5. The van der Waals surface area contributed by atoms with Crippen LogP contribution in [0.2, 0.25) is 0 Å². The number of esters is 2. The lowest BCUT2D eigenvalue weighted by molar-refractivity contribution is -0.161. The van der Waals surface area contributed by atoms with Gasteiger partial charge in [0.25, 0.3) is 0 Å². The minimum atomic E-state index is -0.782. The van der Waals surface area contributed by atoms with Crippen LogP contribution in [0.4, 0.5) is 0 Å². The van der Waals surface area contributed by atoms with E-state index in [1.165, 1.54) is 135 Å². The summed E-state index contributed by atoms with van der Waals surface area (Å²) in [5.74, 6) is -0.599. The molecule has 0 aromatic rings. The lowest BCUT2D eigenvalue weighted by Gasteiger charge is -2.15. The van der Waals surface area contributed by atoms with Crippen LogP contribution < -0.4 is 0 Å². The number of aliphatic hydroxyl groups is 1. The van der Waals surface area contributed by atoms with E-state index in [9.17, 15) is 14.7 Å². The molecule has 0 bridgehead atoms. The number of carbonyl (C=O) groups is 2. The third-order valence-corrected chi connectivity index (χ3v) is 12.2. The second kappa shape index (κ2) is 59.6. The van der Waals surface area contributed by atoms with Crippen LogP contribution >= 0.6 is 0 Å². The average molecular weight is 970 g/mol. The molecule has 5 nitrogen and oxygen atoms in total. The Morgan fingerprint density at radius 1 is 0.343 bits per heavy atom. The van der Waals surface area contributed by atoms with Gasteiger partial charge in [-0.1, -0.05) is 257 Å². The summed E-state index contributed by atoms with van der Waals surface area (Å²) >= 11 is 0. The molecule has 70 heavy (non-hydrogen) atoms. The normalized spacial score (nSPS) is 13.1. The van der Waals surface area contributed by atoms with Gasteiger partial charge in [0.05, 0.1) is 6.61 Å². The second-order valence-corrected chi connectivity index (χ2v) is 19.0. The Balaban J connectivity index is 3.54.